The highest BCUT2D eigenvalue weighted by Gasteiger charge is 2.27. The number of carbonyl (C=O) groups excluding carboxylic acids is 1. The van der Waals surface area contributed by atoms with Crippen LogP contribution in [0.4, 0.5) is 4.79 Å². The van der Waals surface area contributed by atoms with E-state index < -0.39 is 18.1 Å². The second kappa shape index (κ2) is 8.26. The van der Waals surface area contributed by atoms with E-state index in [9.17, 15) is 14.7 Å². The number of carboxylic acids is 1. The van der Waals surface area contributed by atoms with Crippen LogP contribution in [0.1, 0.15) is 12.5 Å². The van der Waals surface area contributed by atoms with Gasteiger partial charge < -0.3 is 20.1 Å². The van der Waals surface area contributed by atoms with Crippen molar-refractivity contribution in [1.29, 1.82) is 0 Å². The Morgan fingerprint density at radius 1 is 1.29 bits per heavy atom. The molecule has 116 valence electrons. The van der Waals surface area contributed by atoms with E-state index in [4.69, 9.17) is 4.74 Å². The van der Waals surface area contributed by atoms with Gasteiger partial charge in [-0.3, -0.25) is 0 Å². The van der Waals surface area contributed by atoms with E-state index >= 15 is 0 Å². The molecule has 0 aliphatic carbocycles. The van der Waals surface area contributed by atoms with Gasteiger partial charge in [-0.25, -0.2) is 9.59 Å². The number of rotatable bonds is 7. The Labute approximate surface area is 124 Å². The van der Waals surface area contributed by atoms with E-state index in [0.717, 1.165) is 5.56 Å². The molecule has 0 saturated heterocycles. The zero-order valence-electron chi connectivity index (χ0n) is 12.6. The summed E-state index contributed by atoms with van der Waals surface area (Å²) in [6, 6.07) is 8.24. The number of benzene rings is 1. The van der Waals surface area contributed by atoms with Gasteiger partial charge in [-0.15, -0.1) is 0 Å². The van der Waals surface area contributed by atoms with Crippen LogP contribution in [-0.4, -0.2) is 48.8 Å². The molecule has 0 saturated carbocycles. The molecule has 1 aromatic carbocycles. The van der Waals surface area contributed by atoms with Gasteiger partial charge in [0.15, 0.2) is 0 Å². The van der Waals surface area contributed by atoms with Gasteiger partial charge >= 0.3 is 12.1 Å². The lowest BCUT2D eigenvalue weighted by Gasteiger charge is -2.23. The van der Waals surface area contributed by atoms with Crippen LogP contribution in [0.15, 0.2) is 30.3 Å². The van der Waals surface area contributed by atoms with Crippen molar-refractivity contribution >= 4 is 12.1 Å². The Hall–Kier alpha value is -2.08. The number of hydrogen-bond acceptors (Lipinski definition) is 4. The molecule has 0 aromatic heterocycles. The summed E-state index contributed by atoms with van der Waals surface area (Å²) in [5.41, 5.74) is 0.848. The van der Waals surface area contributed by atoms with Crippen LogP contribution in [0.3, 0.4) is 0 Å². The third-order valence-corrected chi connectivity index (χ3v) is 2.97. The number of amides is 1. The number of aliphatic carboxylic acids is 1. The number of ether oxygens (including phenoxy) is 1. The van der Waals surface area contributed by atoms with Crippen molar-refractivity contribution in [3.63, 3.8) is 0 Å². The molecule has 0 radical (unpaired) electrons. The molecule has 0 aliphatic heterocycles. The maximum absolute atomic E-state index is 11.7. The predicted molar refractivity (Wildman–Crippen MR) is 78.9 cm³/mol. The first kappa shape index (κ1) is 17.0. The van der Waals surface area contributed by atoms with Crippen LogP contribution < -0.4 is 5.32 Å². The van der Waals surface area contributed by atoms with Crippen molar-refractivity contribution in [2.75, 3.05) is 20.6 Å². The average Bonchev–Trinajstić information content (AvgIpc) is 2.42. The highest BCUT2D eigenvalue weighted by atomic mass is 16.5. The number of carboxylic acid groups (broad SMARTS) is 1. The first-order chi connectivity index (χ1) is 9.90. The Bertz CT molecular complexity index is 462. The highest BCUT2D eigenvalue weighted by molar-refractivity contribution is 5.80. The molecule has 0 fully saturated rings. The number of nitrogens with one attached hydrogen (secondary N) is 1. The fourth-order valence-electron chi connectivity index (χ4n) is 2.02. The third kappa shape index (κ3) is 6.27. The second-order valence-corrected chi connectivity index (χ2v) is 5.26. The van der Waals surface area contributed by atoms with Crippen molar-refractivity contribution in [2.24, 2.45) is 5.92 Å². The lowest BCUT2D eigenvalue weighted by molar-refractivity contribution is -0.140. The summed E-state index contributed by atoms with van der Waals surface area (Å²) < 4.78 is 5.04. The number of nitrogens with zero attached hydrogens (tertiary/aromatic N) is 1. The van der Waals surface area contributed by atoms with Crippen molar-refractivity contribution in [1.82, 2.24) is 10.2 Å². The summed E-state index contributed by atoms with van der Waals surface area (Å²) in [5.74, 6) is -1.30. The molecule has 2 unspecified atom stereocenters. The van der Waals surface area contributed by atoms with E-state index in [1.807, 2.05) is 49.3 Å². The molecule has 1 amide bonds. The van der Waals surface area contributed by atoms with E-state index in [2.05, 4.69) is 5.32 Å². The summed E-state index contributed by atoms with van der Waals surface area (Å²) in [6.07, 6.45) is -0.725. The first-order valence-electron chi connectivity index (χ1n) is 6.75. The van der Waals surface area contributed by atoms with Crippen LogP contribution in [0.25, 0.3) is 0 Å². The van der Waals surface area contributed by atoms with Gasteiger partial charge in [0.25, 0.3) is 0 Å². The predicted octanol–water partition coefficient (Wildman–Crippen LogP) is 1.56. The summed E-state index contributed by atoms with van der Waals surface area (Å²) in [7, 11) is 3.70. The van der Waals surface area contributed by atoms with Gasteiger partial charge in [0.1, 0.15) is 12.6 Å². The lowest BCUT2D eigenvalue weighted by Crippen LogP contribution is -2.47. The normalized spacial score (nSPS) is 13.5. The molecule has 0 spiro atoms. The SMILES string of the molecule is CC(CN(C)C)C(NC(=O)OCc1ccccc1)C(=O)O. The Morgan fingerprint density at radius 3 is 2.43 bits per heavy atom. The van der Waals surface area contributed by atoms with Gasteiger partial charge in [0.2, 0.25) is 0 Å². The van der Waals surface area contributed by atoms with Crippen LogP contribution in [-0.2, 0) is 16.1 Å². The minimum Gasteiger partial charge on any atom is -0.480 e. The summed E-state index contributed by atoms with van der Waals surface area (Å²) in [6.45, 7) is 2.44. The molecule has 1 rings (SSSR count). The quantitative estimate of drug-likeness (QED) is 0.798. The smallest absolute Gasteiger partial charge is 0.408 e. The topological polar surface area (TPSA) is 78.9 Å². The molecule has 1 aromatic rings. The molecule has 2 N–H and O–H groups in total. The maximum Gasteiger partial charge on any atom is 0.408 e. The Morgan fingerprint density at radius 2 is 1.90 bits per heavy atom. The summed E-state index contributed by atoms with van der Waals surface area (Å²) in [5, 5.41) is 11.6. The number of alkyl carbamates (subject to hydrolysis) is 1. The standard InChI is InChI=1S/C15H22N2O4/c1-11(9-17(2)3)13(14(18)19)16-15(20)21-10-12-7-5-4-6-8-12/h4-8,11,13H,9-10H2,1-3H3,(H,16,20)(H,18,19). The molecule has 6 nitrogen and oxygen atoms in total. The van der Waals surface area contributed by atoms with E-state index in [1.165, 1.54) is 0 Å². The molecule has 21 heavy (non-hydrogen) atoms. The molecular weight excluding hydrogens is 272 g/mol. The van der Waals surface area contributed by atoms with E-state index in [0.29, 0.717) is 6.54 Å². The molecule has 0 aliphatic rings. The second-order valence-electron chi connectivity index (χ2n) is 5.26. The zero-order chi connectivity index (χ0) is 15.8. The van der Waals surface area contributed by atoms with Gasteiger partial charge in [0, 0.05) is 6.54 Å². The highest BCUT2D eigenvalue weighted by Crippen LogP contribution is 2.06. The maximum atomic E-state index is 11.7. The van der Waals surface area contributed by atoms with Crippen molar-refractivity contribution < 1.29 is 19.4 Å². The van der Waals surface area contributed by atoms with Crippen LogP contribution in [0, 0.1) is 5.92 Å². The van der Waals surface area contributed by atoms with Crippen molar-refractivity contribution in [3.05, 3.63) is 35.9 Å². The fraction of sp³-hybridized carbons (Fsp3) is 0.467. The van der Waals surface area contributed by atoms with Crippen molar-refractivity contribution in [3.8, 4) is 0 Å². The van der Waals surface area contributed by atoms with Crippen LogP contribution in [0.2, 0.25) is 0 Å². The van der Waals surface area contributed by atoms with Gasteiger partial charge in [-0.1, -0.05) is 37.3 Å². The van der Waals surface area contributed by atoms with Gasteiger partial charge in [-0.2, -0.15) is 0 Å². The molecular formula is C15H22N2O4. The van der Waals surface area contributed by atoms with Gasteiger partial charge in [0.05, 0.1) is 0 Å². The summed E-state index contributed by atoms with van der Waals surface area (Å²) >= 11 is 0. The molecule has 2 atom stereocenters. The van der Waals surface area contributed by atoms with Crippen molar-refractivity contribution in [2.45, 2.75) is 19.6 Å². The van der Waals surface area contributed by atoms with E-state index in [-0.39, 0.29) is 12.5 Å². The van der Waals surface area contributed by atoms with E-state index in [1.54, 1.807) is 6.92 Å². The Balaban J connectivity index is 2.51. The zero-order valence-corrected chi connectivity index (χ0v) is 12.6. The third-order valence-electron chi connectivity index (χ3n) is 2.97. The lowest BCUT2D eigenvalue weighted by atomic mass is 10.0. The minimum absolute atomic E-state index is 0.112. The minimum atomic E-state index is -1.07. The molecule has 0 bridgehead atoms. The van der Waals surface area contributed by atoms with Crippen LogP contribution in [0.5, 0.6) is 0 Å². The average molecular weight is 294 g/mol. The summed E-state index contributed by atoms with van der Waals surface area (Å²) in [4.78, 5) is 24.8. The molecule has 6 heteroatoms. The monoisotopic (exact) mass is 294 g/mol. The Kier molecular flexibility index (Phi) is 6.68. The number of carbonyl (C=O) groups is 2. The number of hydrogen-bond donors (Lipinski definition) is 2. The van der Waals surface area contributed by atoms with Gasteiger partial charge in [-0.05, 0) is 25.6 Å². The van der Waals surface area contributed by atoms with Crippen LogP contribution >= 0.6 is 0 Å². The fourth-order valence-corrected chi connectivity index (χ4v) is 2.02. The molecule has 0 heterocycles. The largest absolute Gasteiger partial charge is 0.480 e. The first-order valence-corrected chi connectivity index (χ1v) is 6.75.